The largest absolute Gasteiger partial charge is 0.356 e. The van der Waals surface area contributed by atoms with Gasteiger partial charge >= 0.3 is 0 Å². The van der Waals surface area contributed by atoms with Gasteiger partial charge in [0.1, 0.15) is 0 Å². The van der Waals surface area contributed by atoms with Crippen molar-refractivity contribution in [3.05, 3.63) is 48.0 Å². The standard InChI is InChI=1S/C18H22N2O2/c1-13(20-18(22)9-10-19-14(2)21)11-15-7-8-16-5-3-4-6-17(16)12-15/h3-8,12-13H,9-11H2,1-2H3,(H,19,21)(H,20,22)/t13-/m1/s1. The molecule has 0 radical (unpaired) electrons. The summed E-state index contributed by atoms with van der Waals surface area (Å²) in [6, 6.07) is 14.7. The molecule has 0 bridgehead atoms. The van der Waals surface area contributed by atoms with Crippen LogP contribution in [0.3, 0.4) is 0 Å². The van der Waals surface area contributed by atoms with E-state index in [1.54, 1.807) is 0 Å². The van der Waals surface area contributed by atoms with Crippen LogP contribution in [0.1, 0.15) is 25.8 Å². The lowest BCUT2D eigenvalue weighted by molar-refractivity contribution is -0.122. The fourth-order valence-corrected chi connectivity index (χ4v) is 2.47. The molecule has 4 heteroatoms. The summed E-state index contributed by atoms with van der Waals surface area (Å²) < 4.78 is 0. The van der Waals surface area contributed by atoms with Crippen LogP contribution in [0.2, 0.25) is 0 Å². The molecule has 0 saturated carbocycles. The maximum absolute atomic E-state index is 11.8. The van der Waals surface area contributed by atoms with Crippen molar-refractivity contribution in [3.8, 4) is 0 Å². The lowest BCUT2D eigenvalue weighted by atomic mass is 10.0. The average molecular weight is 298 g/mol. The summed E-state index contributed by atoms with van der Waals surface area (Å²) in [6.45, 7) is 3.82. The van der Waals surface area contributed by atoms with Crippen LogP contribution < -0.4 is 10.6 Å². The first-order chi connectivity index (χ1) is 10.5. The summed E-state index contributed by atoms with van der Waals surface area (Å²) in [5.74, 6) is -0.154. The smallest absolute Gasteiger partial charge is 0.221 e. The van der Waals surface area contributed by atoms with Crippen molar-refractivity contribution in [2.24, 2.45) is 0 Å². The second-order valence-electron chi connectivity index (χ2n) is 5.59. The molecular weight excluding hydrogens is 276 g/mol. The molecule has 2 rings (SSSR count). The van der Waals surface area contributed by atoms with Crippen molar-refractivity contribution in [1.82, 2.24) is 10.6 Å². The minimum Gasteiger partial charge on any atom is -0.356 e. The first kappa shape index (κ1) is 16.0. The van der Waals surface area contributed by atoms with E-state index in [0.717, 1.165) is 6.42 Å². The molecule has 0 saturated heterocycles. The second-order valence-corrected chi connectivity index (χ2v) is 5.59. The molecule has 116 valence electrons. The third-order valence-electron chi connectivity index (χ3n) is 3.49. The molecule has 22 heavy (non-hydrogen) atoms. The fourth-order valence-electron chi connectivity index (χ4n) is 2.47. The summed E-state index contributed by atoms with van der Waals surface area (Å²) >= 11 is 0. The predicted octanol–water partition coefficient (Wildman–Crippen LogP) is 2.41. The van der Waals surface area contributed by atoms with Crippen molar-refractivity contribution in [2.45, 2.75) is 32.7 Å². The SMILES string of the molecule is CC(=O)NCCC(=O)N[C@H](C)Cc1ccc2ccccc2c1. The van der Waals surface area contributed by atoms with Gasteiger partial charge in [0.25, 0.3) is 0 Å². The van der Waals surface area contributed by atoms with Gasteiger partial charge in [-0.1, -0.05) is 42.5 Å². The number of hydrogen-bond acceptors (Lipinski definition) is 2. The third kappa shape index (κ3) is 4.88. The van der Waals surface area contributed by atoms with Gasteiger partial charge in [-0.25, -0.2) is 0 Å². The van der Waals surface area contributed by atoms with Gasteiger partial charge in [-0.15, -0.1) is 0 Å². The number of benzene rings is 2. The lowest BCUT2D eigenvalue weighted by Gasteiger charge is -2.14. The monoisotopic (exact) mass is 298 g/mol. The molecule has 0 spiro atoms. The van der Waals surface area contributed by atoms with Crippen LogP contribution in [-0.2, 0) is 16.0 Å². The Labute approximate surface area is 130 Å². The number of carbonyl (C=O) groups excluding carboxylic acids is 2. The van der Waals surface area contributed by atoms with Crippen molar-refractivity contribution < 1.29 is 9.59 Å². The van der Waals surface area contributed by atoms with Gasteiger partial charge in [0.15, 0.2) is 0 Å². The van der Waals surface area contributed by atoms with E-state index >= 15 is 0 Å². The molecular formula is C18H22N2O2. The van der Waals surface area contributed by atoms with E-state index in [4.69, 9.17) is 0 Å². The Kier molecular flexibility index (Phi) is 5.53. The maximum atomic E-state index is 11.8. The zero-order valence-corrected chi connectivity index (χ0v) is 13.1. The molecule has 0 fully saturated rings. The van der Waals surface area contributed by atoms with Crippen molar-refractivity contribution >= 4 is 22.6 Å². The van der Waals surface area contributed by atoms with Gasteiger partial charge in [0.05, 0.1) is 0 Å². The van der Waals surface area contributed by atoms with Gasteiger partial charge in [-0.05, 0) is 29.7 Å². The molecule has 0 aromatic heterocycles. The number of amides is 2. The van der Waals surface area contributed by atoms with Crippen molar-refractivity contribution in [2.75, 3.05) is 6.54 Å². The van der Waals surface area contributed by atoms with Crippen molar-refractivity contribution in [1.29, 1.82) is 0 Å². The lowest BCUT2D eigenvalue weighted by Crippen LogP contribution is -2.36. The molecule has 2 amide bonds. The van der Waals surface area contributed by atoms with Gasteiger partial charge in [0, 0.05) is 25.9 Å². The Morgan fingerprint density at radius 1 is 1.09 bits per heavy atom. The molecule has 1 atom stereocenters. The molecule has 0 unspecified atom stereocenters. The molecule has 0 aliphatic rings. The van der Waals surface area contributed by atoms with E-state index in [-0.39, 0.29) is 17.9 Å². The molecule has 2 aromatic rings. The first-order valence-corrected chi connectivity index (χ1v) is 7.56. The maximum Gasteiger partial charge on any atom is 0.221 e. The highest BCUT2D eigenvalue weighted by Gasteiger charge is 2.08. The van der Waals surface area contributed by atoms with Crippen LogP contribution in [0, 0.1) is 0 Å². The number of fused-ring (bicyclic) bond motifs is 1. The summed E-state index contributed by atoms with van der Waals surface area (Å²) in [4.78, 5) is 22.5. The van der Waals surface area contributed by atoms with Gasteiger partial charge < -0.3 is 10.6 Å². The van der Waals surface area contributed by atoms with E-state index in [9.17, 15) is 9.59 Å². The zero-order valence-electron chi connectivity index (χ0n) is 13.1. The Morgan fingerprint density at radius 3 is 2.55 bits per heavy atom. The Morgan fingerprint density at radius 2 is 1.82 bits per heavy atom. The molecule has 2 N–H and O–H groups in total. The van der Waals surface area contributed by atoms with Crippen LogP contribution in [-0.4, -0.2) is 24.4 Å². The zero-order chi connectivity index (χ0) is 15.9. The second kappa shape index (κ2) is 7.59. The molecule has 0 heterocycles. The normalized spacial score (nSPS) is 11.9. The van der Waals surface area contributed by atoms with Gasteiger partial charge in [-0.2, -0.15) is 0 Å². The van der Waals surface area contributed by atoms with Gasteiger partial charge in [0.2, 0.25) is 11.8 Å². The number of rotatable bonds is 6. The molecule has 2 aromatic carbocycles. The van der Waals surface area contributed by atoms with Crippen LogP contribution in [0.4, 0.5) is 0 Å². The number of hydrogen-bond donors (Lipinski definition) is 2. The molecule has 4 nitrogen and oxygen atoms in total. The van der Waals surface area contributed by atoms with E-state index in [2.05, 4.69) is 41.0 Å². The summed E-state index contributed by atoms with van der Waals surface area (Å²) in [5.41, 5.74) is 1.20. The average Bonchev–Trinajstić information content (AvgIpc) is 2.46. The Hall–Kier alpha value is -2.36. The fraction of sp³-hybridized carbons (Fsp3) is 0.333. The van der Waals surface area contributed by atoms with E-state index in [0.29, 0.717) is 13.0 Å². The summed E-state index contributed by atoms with van der Waals surface area (Å²) in [6.07, 6.45) is 1.10. The minimum absolute atomic E-state index is 0.0398. The van der Waals surface area contributed by atoms with Crippen LogP contribution in [0.5, 0.6) is 0 Å². The highest BCUT2D eigenvalue weighted by molar-refractivity contribution is 5.83. The predicted molar refractivity (Wildman–Crippen MR) is 88.6 cm³/mol. The van der Waals surface area contributed by atoms with E-state index in [1.165, 1.54) is 23.3 Å². The van der Waals surface area contributed by atoms with Crippen molar-refractivity contribution in [3.63, 3.8) is 0 Å². The van der Waals surface area contributed by atoms with Gasteiger partial charge in [-0.3, -0.25) is 9.59 Å². The van der Waals surface area contributed by atoms with E-state index in [1.807, 2.05) is 19.1 Å². The van der Waals surface area contributed by atoms with Crippen LogP contribution >= 0.6 is 0 Å². The number of nitrogens with one attached hydrogen (secondary N) is 2. The van der Waals surface area contributed by atoms with Crippen LogP contribution in [0.25, 0.3) is 10.8 Å². The Balaban J connectivity index is 1.86. The minimum atomic E-state index is -0.114. The summed E-state index contributed by atoms with van der Waals surface area (Å²) in [5, 5.41) is 8.01. The highest BCUT2D eigenvalue weighted by atomic mass is 16.2. The number of carbonyl (C=O) groups is 2. The Bertz CT molecular complexity index is 667. The third-order valence-corrected chi connectivity index (χ3v) is 3.49. The topological polar surface area (TPSA) is 58.2 Å². The summed E-state index contributed by atoms with van der Waals surface area (Å²) in [7, 11) is 0. The quantitative estimate of drug-likeness (QED) is 0.860. The van der Waals surface area contributed by atoms with E-state index < -0.39 is 0 Å². The molecule has 0 aliphatic heterocycles. The molecule has 0 aliphatic carbocycles. The highest BCUT2D eigenvalue weighted by Crippen LogP contribution is 2.16. The first-order valence-electron chi connectivity index (χ1n) is 7.56. The van der Waals surface area contributed by atoms with Crippen LogP contribution in [0.15, 0.2) is 42.5 Å².